The monoisotopic (exact) mass is 225 g/mol. The molecule has 1 heterocycles. The molecule has 0 aromatic heterocycles. The molecule has 1 aliphatic rings. The molecule has 0 aromatic carbocycles. The molecule has 1 rings (SSSR count). The second-order valence-corrected chi connectivity index (χ2v) is 3.92. The number of hydrogen-bond acceptors (Lipinski definition) is 3. The first-order chi connectivity index (χ1) is 7.56. The van der Waals surface area contributed by atoms with E-state index in [-0.39, 0.29) is 11.8 Å². The van der Waals surface area contributed by atoms with E-state index in [0.29, 0.717) is 6.54 Å². The number of carbonyl (C=O) groups is 2. The van der Waals surface area contributed by atoms with Crippen molar-refractivity contribution in [1.29, 1.82) is 0 Å². The maximum absolute atomic E-state index is 11.7. The Kier molecular flexibility index (Phi) is 4.49. The fraction of sp³-hybridized carbons (Fsp3) is 0.636. The van der Waals surface area contributed by atoms with E-state index in [1.54, 1.807) is 13.8 Å². The van der Waals surface area contributed by atoms with Crippen LogP contribution in [-0.4, -0.2) is 37.5 Å². The molecule has 5 nitrogen and oxygen atoms in total. The maximum atomic E-state index is 11.7. The maximum Gasteiger partial charge on any atom is 0.247 e. The van der Waals surface area contributed by atoms with Gasteiger partial charge >= 0.3 is 0 Å². The van der Waals surface area contributed by atoms with Crippen LogP contribution < -0.4 is 16.0 Å². The third-order valence-electron chi connectivity index (χ3n) is 2.64. The minimum atomic E-state index is -0.490. The van der Waals surface area contributed by atoms with E-state index < -0.39 is 6.04 Å². The Morgan fingerprint density at radius 3 is 2.50 bits per heavy atom. The third kappa shape index (κ3) is 3.06. The van der Waals surface area contributed by atoms with Crippen molar-refractivity contribution in [1.82, 2.24) is 16.0 Å². The van der Waals surface area contributed by atoms with E-state index in [1.165, 1.54) is 0 Å². The molecule has 2 amide bonds. The predicted octanol–water partition coefficient (Wildman–Crippen LogP) is -0.453. The van der Waals surface area contributed by atoms with Crippen LogP contribution >= 0.6 is 0 Å². The Hall–Kier alpha value is -1.36. The zero-order valence-electron chi connectivity index (χ0n) is 10.0. The molecular formula is C11H19N3O2. The lowest BCUT2D eigenvalue weighted by atomic mass is 10.0. The standard InChI is InChI=1S/C11H19N3O2/c1-4-13-11(16)8(3)14-10(15)7(2)9-5-12-6-9/h8,12H,4-6H2,1-3H3,(H,13,16)(H,14,15). The molecule has 0 bridgehead atoms. The normalized spacial score (nSPS) is 16.1. The molecule has 0 spiro atoms. The van der Waals surface area contributed by atoms with Crippen LogP contribution in [0.25, 0.3) is 0 Å². The van der Waals surface area contributed by atoms with Crippen molar-refractivity contribution in [3.8, 4) is 0 Å². The average Bonchev–Trinajstić information content (AvgIpc) is 2.15. The summed E-state index contributed by atoms with van der Waals surface area (Å²) < 4.78 is 0. The van der Waals surface area contributed by atoms with Crippen LogP contribution in [0.5, 0.6) is 0 Å². The van der Waals surface area contributed by atoms with E-state index >= 15 is 0 Å². The summed E-state index contributed by atoms with van der Waals surface area (Å²) in [5.41, 5.74) is 1.83. The summed E-state index contributed by atoms with van der Waals surface area (Å²) >= 11 is 0. The predicted molar refractivity (Wildman–Crippen MR) is 61.9 cm³/mol. The summed E-state index contributed by atoms with van der Waals surface area (Å²) in [5, 5.41) is 8.42. The van der Waals surface area contributed by atoms with Crippen LogP contribution in [0.3, 0.4) is 0 Å². The van der Waals surface area contributed by atoms with Crippen LogP contribution in [0, 0.1) is 0 Å². The fourth-order valence-electron chi connectivity index (χ4n) is 1.37. The molecule has 1 atom stereocenters. The SMILES string of the molecule is CCNC(=O)C(C)NC(=O)C(C)=C1CNC1. The van der Waals surface area contributed by atoms with Gasteiger partial charge in [0.05, 0.1) is 0 Å². The summed E-state index contributed by atoms with van der Waals surface area (Å²) in [4.78, 5) is 23.1. The van der Waals surface area contributed by atoms with Gasteiger partial charge in [0.2, 0.25) is 11.8 Å². The van der Waals surface area contributed by atoms with Crippen molar-refractivity contribution >= 4 is 11.8 Å². The van der Waals surface area contributed by atoms with Gasteiger partial charge in [-0.25, -0.2) is 0 Å². The molecule has 90 valence electrons. The van der Waals surface area contributed by atoms with Gasteiger partial charge in [-0.05, 0) is 26.3 Å². The van der Waals surface area contributed by atoms with E-state index in [4.69, 9.17) is 0 Å². The lowest BCUT2D eigenvalue weighted by molar-refractivity contribution is -0.126. The summed E-state index contributed by atoms with van der Waals surface area (Å²) in [5.74, 6) is -0.310. The van der Waals surface area contributed by atoms with E-state index in [1.807, 2.05) is 6.92 Å². The number of nitrogens with one attached hydrogen (secondary N) is 3. The average molecular weight is 225 g/mol. The molecule has 1 saturated heterocycles. The van der Waals surface area contributed by atoms with Crippen molar-refractivity contribution < 1.29 is 9.59 Å². The summed E-state index contributed by atoms with van der Waals surface area (Å²) in [6, 6.07) is -0.490. The van der Waals surface area contributed by atoms with Crippen molar-refractivity contribution in [3.05, 3.63) is 11.1 Å². The minimum Gasteiger partial charge on any atom is -0.355 e. The van der Waals surface area contributed by atoms with Gasteiger partial charge in [0.15, 0.2) is 0 Å². The fourth-order valence-corrected chi connectivity index (χ4v) is 1.37. The van der Waals surface area contributed by atoms with Crippen molar-refractivity contribution in [2.24, 2.45) is 0 Å². The second kappa shape index (κ2) is 5.65. The number of carbonyl (C=O) groups excluding carboxylic acids is 2. The molecule has 5 heteroatoms. The Morgan fingerprint density at radius 1 is 1.44 bits per heavy atom. The Morgan fingerprint density at radius 2 is 2.06 bits per heavy atom. The van der Waals surface area contributed by atoms with Gasteiger partial charge in [-0.1, -0.05) is 0 Å². The first-order valence-electron chi connectivity index (χ1n) is 5.54. The van der Waals surface area contributed by atoms with Crippen molar-refractivity contribution in [2.75, 3.05) is 19.6 Å². The molecule has 0 aromatic rings. The Bertz CT molecular complexity index is 317. The highest BCUT2D eigenvalue weighted by Gasteiger charge is 2.19. The van der Waals surface area contributed by atoms with Gasteiger partial charge in [0.25, 0.3) is 0 Å². The molecule has 16 heavy (non-hydrogen) atoms. The molecule has 0 saturated carbocycles. The first-order valence-corrected chi connectivity index (χ1v) is 5.54. The summed E-state index contributed by atoms with van der Waals surface area (Å²) in [7, 11) is 0. The van der Waals surface area contributed by atoms with Gasteiger partial charge in [0.1, 0.15) is 6.04 Å². The quantitative estimate of drug-likeness (QED) is 0.567. The number of amides is 2. The van der Waals surface area contributed by atoms with E-state index in [0.717, 1.165) is 24.2 Å². The van der Waals surface area contributed by atoms with Crippen LogP contribution in [0.1, 0.15) is 20.8 Å². The lowest BCUT2D eigenvalue weighted by Crippen LogP contribution is -2.46. The van der Waals surface area contributed by atoms with Gasteiger partial charge in [-0.2, -0.15) is 0 Å². The third-order valence-corrected chi connectivity index (χ3v) is 2.64. The molecule has 0 radical (unpaired) electrons. The largest absolute Gasteiger partial charge is 0.355 e. The molecule has 1 aliphatic heterocycles. The van der Waals surface area contributed by atoms with Gasteiger partial charge < -0.3 is 16.0 Å². The highest BCUT2D eigenvalue weighted by molar-refractivity contribution is 5.97. The molecule has 1 fully saturated rings. The smallest absolute Gasteiger partial charge is 0.247 e. The van der Waals surface area contributed by atoms with Gasteiger partial charge in [-0.15, -0.1) is 0 Å². The lowest BCUT2D eigenvalue weighted by Gasteiger charge is -2.22. The Labute approximate surface area is 95.7 Å². The van der Waals surface area contributed by atoms with Crippen LogP contribution in [0.15, 0.2) is 11.1 Å². The topological polar surface area (TPSA) is 70.2 Å². The summed E-state index contributed by atoms with van der Waals surface area (Å²) in [6.07, 6.45) is 0. The number of hydrogen-bond donors (Lipinski definition) is 3. The highest BCUT2D eigenvalue weighted by atomic mass is 16.2. The van der Waals surface area contributed by atoms with E-state index in [2.05, 4.69) is 16.0 Å². The van der Waals surface area contributed by atoms with Gasteiger partial charge in [0, 0.05) is 25.2 Å². The Balaban J connectivity index is 2.47. The number of rotatable bonds is 4. The van der Waals surface area contributed by atoms with Crippen molar-refractivity contribution in [3.63, 3.8) is 0 Å². The van der Waals surface area contributed by atoms with E-state index in [9.17, 15) is 9.59 Å². The van der Waals surface area contributed by atoms with Crippen LogP contribution in [0.2, 0.25) is 0 Å². The zero-order chi connectivity index (χ0) is 12.1. The van der Waals surface area contributed by atoms with Crippen LogP contribution in [0.4, 0.5) is 0 Å². The number of likely N-dealkylation sites (N-methyl/N-ethyl adjacent to an activating group) is 1. The molecule has 3 N–H and O–H groups in total. The zero-order valence-corrected chi connectivity index (χ0v) is 10.0. The second-order valence-electron chi connectivity index (χ2n) is 3.92. The first kappa shape index (κ1) is 12.7. The molecule has 1 unspecified atom stereocenters. The minimum absolute atomic E-state index is 0.152. The summed E-state index contributed by atoms with van der Waals surface area (Å²) in [6.45, 7) is 7.43. The molecular weight excluding hydrogens is 206 g/mol. The van der Waals surface area contributed by atoms with Gasteiger partial charge in [-0.3, -0.25) is 9.59 Å². The highest BCUT2D eigenvalue weighted by Crippen LogP contribution is 2.08. The van der Waals surface area contributed by atoms with Crippen LogP contribution in [-0.2, 0) is 9.59 Å². The van der Waals surface area contributed by atoms with Crippen molar-refractivity contribution in [2.45, 2.75) is 26.8 Å². The molecule has 0 aliphatic carbocycles.